The van der Waals surface area contributed by atoms with Crippen molar-refractivity contribution in [2.24, 2.45) is 4.40 Å². The normalized spacial score (nSPS) is 23.6. The first-order valence-corrected chi connectivity index (χ1v) is 11.5. The van der Waals surface area contributed by atoms with Gasteiger partial charge in [0.15, 0.2) is 5.84 Å². The maximum atomic E-state index is 13.6. The molecule has 1 saturated heterocycles. The molecule has 7 nitrogen and oxygen atoms in total. The van der Waals surface area contributed by atoms with E-state index in [1.807, 2.05) is 29.2 Å². The zero-order chi connectivity index (χ0) is 20.4. The molecule has 3 heterocycles. The summed E-state index contributed by atoms with van der Waals surface area (Å²) >= 11 is 0. The lowest BCUT2D eigenvalue weighted by molar-refractivity contribution is -0.129. The zero-order valence-electron chi connectivity index (χ0n) is 16.5. The largest absolute Gasteiger partial charge is 0.497 e. The van der Waals surface area contributed by atoms with Gasteiger partial charge in [-0.25, -0.2) is 8.42 Å². The number of benzene rings is 1. The quantitative estimate of drug-likeness (QED) is 0.758. The number of methoxy groups -OCH3 is 1. The molecule has 29 heavy (non-hydrogen) atoms. The van der Waals surface area contributed by atoms with Crippen molar-refractivity contribution < 1.29 is 17.9 Å². The Morgan fingerprint density at radius 1 is 1.14 bits per heavy atom. The van der Waals surface area contributed by atoms with Crippen molar-refractivity contribution in [3.05, 3.63) is 53.8 Å². The summed E-state index contributed by atoms with van der Waals surface area (Å²) in [5, 5.41) is 0. The topological polar surface area (TPSA) is 79.3 Å². The highest BCUT2D eigenvalue weighted by Gasteiger charge is 2.35. The van der Waals surface area contributed by atoms with Gasteiger partial charge in [0.1, 0.15) is 5.75 Å². The molecule has 3 aliphatic rings. The monoisotopic (exact) mass is 415 g/mol. The molecule has 1 unspecified atom stereocenters. The molecule has 8 heteroatoms. The lowest BCUT2D eigenvalue weighted by atomic mass is 9.99. The standard InChI is InChI=1S/C21H25N3O4S/c1-28-17-10-8-16(9-11-17)19-7-3-2-4-13-24(19)21(25)18-6-5-12-23-14-15-29(26,27)22-20(18)23/h5-6,8-12,19H,2-4,7,13-15H2,1H3. The fourth-order valence-electron chi connectivity index (χ4n) is 4.06. The van der Waals surface area contributed by atoms with Crippen LogP contribution in [0.3, 0.4) is 0 Å². The first-order chi connectivity index (χ1) is 14.0. The lowest BCUT2D eigenvalue weighted by Gasteiger charge is -2.34. The molecule has 1 amide bonds. The molecule has 1 aromatic rings. The summed E-state index contributed by atoms with van der Waals surface area (Å²) in [7, 11) is -1.91. The highest BCUT2D eigenvalue weighted by Crippen LogP contribution is 2.33. The van der Waals surface area contributed by atoms with Crippen molar-refractivity contribution in [1.82, 2.24) is 9.80 Å². The van der Waals surface area contributed by atoms with Crippen molar-refractivity contribution in [3.63, 3.8) is 0 Å². The number of amides is 1. The van der Waals surface area contributed by atoms with Crippen LogP contribution in [0, 0.1) is 0 Å². The van der Waals surface area contributed by atoms with E-state index in [0.717, 1.165) is 37.0 Å². The smallest absolute Gasteiger partial charge is 0.258 e. The second-order valence-corrected chi connectivity index (χ2v) is 9.21. The van der Waals surface area contributed by atoms with E-state index in [9.17, 15) is 13.2 Å². The maximum absolute atomic E-state index is 13.6. The number of ether oxygens (including phenoxy) is 1. The summed E-state index contributed by atoms with van der Waals surface area (Å²) in [6.45, 7) is 0.945. The fourth-order valence-corrected chi connectivity index (χ4v) is 5.05. The van der Waals surface area contributed by atoms with E-state index in [0.29, 0.717) is 18.7 Å². The molecular formula is C21H25N3O4S. The average molecular weight is 416 g/mol. The molecule has 3 aliphatic heterocycles. The van der Waals surface area contributed by atoms with Crippen LogP contribution in [0.15, 0.2) is 52.6 Å². The molecule has 0 radical (unpaired) electrons. The van der Waals surface area contributed by atoms with Gasteiger partial charge in [-0.2, -0.15) is 0 Å². The third-order valence-electron chi connectivity index (χ3n) is 5.60. The number of fused-ring (bicyclic) bond motifs is 1. The number of allylic oxidation sites excluding steroid dienone is 2. The molecule has 0 N–H and O–H groups in total. The minimum Gasteiger partial charge on any atom is -0.497 e. The second-order valence-electron chi connectivity index (χ2n) is 7.45. The van der Waals surface area contributed by atoms with Crippen molar-refractivity contribution in [3.8, 4) is 5.75 Å². The number of amidine groups is 1. The number of hydrogen-bond donors (Lipinski definition) is 0. The Bertz CT molecular complexity index is 980. The van der Waals surface area contributed by atoms with Crippen molar-refractivity contribution in [2.45, 2.75) is 31.7 Å². The van der Waals surface area contributed by atoms with Crippen LogP contribution < -0.4 is 4.74 Å². The minimum atomic E-state index is -3.54. The van der Waals surface area contributed by atoms with Gasteiger partial charge in [0.2, 0.25) is 0 Å². The van der Waals surface area contributed by atoms with E-state index in [-0.39, 0.29) is 23.5 Å². The van der Waals surface area contributed by atoms with Gasteiger partial charge in [0, 0.05) is 19.3 Å². The molecule has 0 saturated carbocycles. The number of carbonyl (C=O) groups excluding carboxylic acids is 1. The fraction of sp³-hybridized carbons (Fsp3) is 0.429. The van der Waals surface area contributed by atoms with E-state index >= 15 is 0 Å². The Balaban J connectivity index is 1.68. The molecule has 154 valence electrons. The molecule has 1 fully saturated rings. The Morgan fingerprint density at radius 2 is 1.93 bits per heavy atom. The van der Waals surface area contributed by atoms with Crippen LogP contribution in [0.2, 0.25) is 0 Å². The zero-order valence-corrected chi connectivity index (χ0v) is 17.3. The number of carbonyl (C=O) groups is 1. The SMILES string of the molecule is COc1ccc(C2CCCCCN2C(=O)C2=CC=CN3CCS(=O)(=O)N=C23)cc1. The van der Waals surface area contributed by atoms with Gasteiger partial charge in [0.05, 0.1) is 24.5 Å². The molecule has 0 spiro atoms. The summed E-state index contributed by atoms with van der Waals surface area (Å²) in [6.07, 6.45) is 9.13. The number of rotatable bonds is 3. The van der Waals surface area contributed by atoms with E-state index in [1.165, 1.54) is 0 Å². The van der Waals surface area contributed by atoms with Crippen molar-refractivity contribution in [1.29, 1.82) is 0 Å². The van der Waals surface area contributed by atoms with Crippen LogP contribution in [-0.2, 0) is 14.8 Å². The van der Waals surface area contributed by atoms with Gasteiger partial charge in [-0.05, 0) is 42.7 Å². The Labute approximate surface area is 171 Å². The first kappa shape index (κ1) is 19.7. The van der Waals surface area contributed by atoms with Gasteiger partial charge in [0.25, 0.3) is 15.9 Å². The number of nitrogens with zero attached hydrogens (tertiary/aromatic N) is 3. The third-order valence-corrected chi connectivity index (χ3v) is 6.75. The van der Waals surface area contributed by atoms with E-state index in [4.69, 9.17) is 4.74 Å². The molecule has 4 rings (SSSR count). The van der Waals surface area contributed by atoms with Crippen LogP contribution in [-0.4, -0.2) is 55.9 Å². The second kappa shape index (κ2) is 8.02. The van der Waals surface area contributed by atoms with Gasteiger partial charge in [-0.3, -0.25) is 4.79 Å². The summed E-state index contributed by atoms with van der Waals surface area (Å²) in [6, 6.07) is 7.76. The summed E-state index contributed by atoms with van der Waals surface area (Å²) in [5.74, 6) is 0.803. The van der Waals surface area contributed by atoms with E-state index < -0.39 is 10.0 Å². The summed E-state index contributed by atoms with van der Waals surface area (Å²) in [5.41, 5.74) is 1.40. The number of sulfonamides is 1. The van der Waals surface area contributed by atoms with E-state index in [2.05, 4.69) is 4.40 Å². The minimum absolute atomic E-state index is 0.0412. The first-order valence-electron chi connectivity index (χ1n) is 9.91. The predicted molar refractivity (Wildman–Crippen MR) is 111 cm³/mol. The average Bonchev–Trinajstić information content (AvgIpc) is 2.98. The molecule has 0 aliphatic carbocycles. The predicted octanol–water partition coefficient (Wildman–Crippen LogP) is 2.64. The van der Waals surface area contributed by atoms with Gasteiger partial charge in [-0.1, -0.05) is 25.0 Å². The Kier molecular flexibility index (Phi) is 5.45. The van der Waals surface area contributed by atoms with Gasteiger partial charge >= 0.3 is 0 Å². The molecule has 0 bridgehead atoms. The van der Waals surface area contributed by atoms with Crippen LogP contribution in [0.5, 0.6) is 5.75 Å². The van der Waals surface area contributed by atoms with Crippen LogP contribution >= 0.6 is 0 Å². The maximum Gasteiger partial charge on any atom is 0.258 e. The molecule has 1 aromatic carbocycles. The summed E-state index contributed by atoms with van der Waals surface area (Å²) < 4.78 is 33.3. The molecule has 1 atom stereocenters. The Hall–Kier alpha value is -2.61. The van der Waals surface area contributed by atoms with Gasteiger partial charge < -0.3 is 14.5 Å². The molecular weight excluding hydrogens is 390 g/mol. The Morgan fingerprint density at radius 3 is 2.69 bits per heavy atom. The van der Waals surface area contributed by atoms with Crippen molar-refractivity contribution >= 4 is 21.8 Å². The highest BCUT2D eigenvalue weighted by atomic mass is 32.2. The number of hydrogen-bond acceptors (Lipinski definition) is 5. The summed E-state index contributed by atoms with van der Waals surface area (Å²) in [4.78, 5) is 17.2. The van der Waals surface area contributed by atoms with Crippen LogP contribution in [0.1, 0.15) is 37.3 Å². The molecule has 0 aromatic heterocycles. The number of likely N-dealkylation sites (tertiary alicyclic amines) is 1. The lowest BCUT2D eigenvalue weighted by Crippen LogP contribution is -2.44. The van der Waals surface area contributed by atoms with Crippen LogP contribution in [0.25, 0.3) is 0 Å². The van der Waals surface area contributed by atoms with E-state index in [1.54, 1.807) is 30.4 Å². The highest BCUT2D eigenvalue weighted by molar-refractivity contribution is 7.90. The van der Waals surface area contributed by atoms with Gasteiger partial charge in [-0.15, -0.1) is 4.40 Å². The van der Waals surface area contributed by atoms with Crippen LogP contribution in [0.4, 0.5) is 0 Å². The third kappa shape index (κ3) is 4.07. The van der Waals surface area contributed by atoms with Crippen molar-refractivity contribution in [2.75, 3.05) is 26.0 Å².